The third kappa shape index (κ3) is 2.68. The van der Waals surface area contributed by atoms with Crippen LogP contribution >= 0.6 is 0 Å². The zero-order valence-electron chi connectivity index (χ0n) is 10.2. The third-order valence-electron chi connectivity index (χ3n) is 2.78. The molecular formula is C13H9F3O3S. The first-order valence-corrected chi connectivity index (χ1v) is 6.87. The second-order valence-corrected chi connectivity index (χ2v) is 5.62. The van der Waals surface area contributed by atoms with E-state index >= 15 is 0 Å². The minimum absolute atomic E-state index is 0.0740. The molecule has 0 unspecified atom stereocenters. The van der Waals surface area contributed by atoms with Gasteiger partial charge in [-0.2, -0.15) is 8.42 Å². The van der Waals surface area contributed by atoms with Gasteiger partial charge in [0.05, 0.1) is 10.5 Å². The van der Waals surface area contributed by atoms with E-state index in [9.17, 15) is 21.6 Å². The topological polar surface area (TPSA) is 54.4 Å². The second-order valence-electron chi connectivity index (χ2n) is 4.20. The molecule has 0 radical (unpaired) electrons. The van der Waals surface area contributed by atoms with Gasteiger partial charge in [-0.15, -0.1) is 0 Å². The van der Waals surface area contributed by atoms with Crippen molar-refractivity contribution in [3.05, 3.63) is 53.3 Å². The molecule has 20 heavy (non-hydrogen) atoms. The van der Waals surface area contributed by atoms with Gasteiger partial charge >= 0.3 is 0 Å². The summed E-state index contributed by atoms with van der Waals surface area (Å²) in [6, 6.07) is 4.33. The first-order chi connectivity index (χ1) is 9.20. The zero-order valence-corrected chi connectivity index (χ0v) is 11.0. The molecule has 2 aromatic carbocycles. The molecule has 106 valence electrons. The highest BCUT2D eigenvalue weighted by molar-refractivity contribution is 7.85. The third-order valence-corrected chi connectivity index (χ3v) is 3.63. The molecule has 0 heterocycles. The van der Waals surface area contributed by atoms with Crippen molar-refractivity contribution in [3.63, 3.8) is 0 Å². The number of hydrogen-bond donors (Lipinski definition) is 1. The number of benzene rings is 2. The van der Waals surface area contributed by atoms with Crippen LogP contribution in [0.15, 0.2) is 35.2 Å². The van der Waals surface area contributed by atoms with Crippen molar-refractivity contribution in [2.45, 2.75) is 11.8 Å². The fourth-order valence-electron chi connectivity index (χ4n) is 1.83. The van der Waals surface area contributed by atoms with Crippen molar-refractivity contribution < 1.29 is 26.1 Å². The lowest BCUT2D eigenvalue weighted by molar-refractivity contribution is 0.483. The normalized spacial score (nSPS) is 11.7. The van der Waals surface area contributed by atoms with Gasteiger partial charge in [0.15, 0.2) is 0 Å². The molecule has 0 atom stereocenters. The van der Waals surface area contributed by atoms with Crippen LogP contribution in [-0.4, -0.2) is 13.0 Å². The van der Waals surface area contributed by atoms with Crippen LogP contribution in [-0.2, 0) is 10.1 Å². The van der Waals surface area contributed by atoms with Crippen LogP contribution in [0.2, 0.25) is 0 Å². The highest BCUT2D eigenvalue weighted by atomic mass is 32.2. The van der Waals surface area contributed by atoms with Gasteiger partial charge in [-0.05, 0) is 30.2 Å². The Balaban J connectivity index is 2.76. The molecule has 0 fully saturated rings. The van der Waals surface area contributed by atoms with Crippen molar-refractivity contribution in [3.8, 4) is 11.1 Å². The number of halogens is 3. The molecule has 0 amide bonds. The summed E-state index contributed by atoms with van der Waals surface area (Å²) in [7, 11) is -4.50. The quantitative estimate of drug-likeness (QED) is 0.866. The molecule has 0 saturated carbocycles. The smallest absolute Gasteiger partial charge is 0.282 e. The number of rotatable bonds is 2. The maximum absolute atomic E-state index is 13.7. The average molecular weight is 302 g/mol. The summed E-state index contributed by atoms with van der Waals surface area (Å²) >= 11 is 0. The van der Waals surface area contributed by atoms with E-state index in [0.717, 1.165) is 12.1 Å². The molecule has 0 spiro atoms. The monoisotopic (exact) mass is 302 g/mol. The van der Waals surface area contributed by atoms with Gasteiger partial charge in [-0.25, -0.2) is 13.2 Å². The van der Waals surface area contributed by atoms with Crippen molar-refractivity contribution >= 4 is 10.1 Å². The van der Waals surface area contributed by atoms with Crippen LogP contribution in [0, 0.1) is 24.4 Å². The van der Waals surface area contributed by atoms with E-state index in [-0.39, 0.29) is 5.56 Å². The molecule has 0 aromatic heterocycles. The largest absolute Gasteiger partial charge is 0.294 e. The Kier molecular flexibility index (Phi) is 3.58. The van der Waals surface area contributed by atoms with Crippen LogP contribution < -0.4 is 0 Å². The summed E-state index contributed by atoms with van der Waals surface area (Å²) in [5, 5.41) is 0. The summed E-state index contributed by atoms with van der Waals surface area (Å²) < 4.78 is 71.4. The number of hydrogen-bond acceptors (Lipinski definition) is 2. The highest BCUT2D eigenvalue weighted by Gasteiger charge is 2.18. The van der Waals surface area contributed by atoms with Crippen molar-refractivity contribution in [1.82, 2.24) is 0 Å². The van der Waals surface area contributed by atoms with Crippen molar-refractivity contribution in [1.29, 1.82) is 0 Å². The molecule has 3 nitrogen and oxygen atoms in total. The van der Waals surface area contributed by atoms with E-state index < -0.39 is 38.0 Å². The van der Waals surface area contributed by atoms with Crippen LogP contribution in [0.5, 0.6) is 0 Å². The Bertz CT molecular complexity index is 762. The molecular weight excluding hydrogens is 293 g/mol. The Hall–Kier alpha value is -1.86. The molecule has 2 aromatic rings. The molecule has 0 aliphatic carbocycles. The molecule has 0 aliphatic rings. The van der Waals surface area contributed by atoms with E-state index in [1.165, 1.54) is 13.0 Å². The van der Waals surface area contributed by atoms with Crippen molar-refractivity contribution in [2.24, 2.45) is 0 Å². The molecule has 1 N–H and O–H groups in total. The SMILES string of the molecule is Cc1ccc(S(=O)(=O)O)cc1-c1c(F)cc(F)cc1F. The van der Waals surface area contributed by atoms with E-state index in [2.05, 4.69) is 0 Å². The summed E-state index contributed by atoms with van der Waals surface area (Å²) in [5.74, 6) is -3.39. The van der Waals surface area contributed by atoms with Gasteiger partial charge in [0.1, 0.15) is 17.5 Å². The van der Waals surface area contributed by atoms with Gasteiger partial charge in [-0.3, -0.25) is 4.55 Å². The maximum atomic E-state index is 13.7. The Labute approximate surface area is 113 Å². The predicted octanol–water partition coefficient (Wildman–Crippen LogP) is 3.33. The average Bonchev–Trinajstić information content (AvgIpc) is 2.28. The van der Waals surface area contributed by atoms with Gasteiger partial charge in [0, 0.05) is 12.1 Å². The minimum atomic E-state index is -4.50. The minimum Gasteiger partial charge on any atom is -0.282 e. The first-order valence-electron chi connectivity index (χ1n) is 5.43. The van der Waals surface area contributed by atoms with E-state index in [4.69, 9.17) is 4.55 Å². The molecule has 0 aliphatic heterocycles. The first kappa shape index (κ1) is 14.5. The number of aryl methyl sites for hydroxylation is 1. The van der Waals surface area contributed by atoms with E-state index in [0.29, 0.717) is 17.7 Å². The summed E-state index contributed by atoms with van der Waals surface area (Å²) in [6.07, 6.45) is 0. The van der Waals surface area contributed by atoms with Crippen LogP contribution in [0.25, 0.3) is 11.1 Å². The van der Waals surface area contributed by atoms with Crippen LogP contribution in [0.1, 0.15) is 5.56 Å². The standard InChI is InChI=1S/C13H9F3O3S/c1-7-2-3-9(20(17,18)19)6-10(7)13-11(15)4-8(14)5-12(13)16/h2-6H,1H3,(H,17,18,19). The van der Waals surface area contributed by atoms with Crippen molar-refractivity contribution in [2.75, 3.05) is 0 Å². The fraction of sp³-hybridized carbons (Fsp3) is 0.0769. The second kappa shape index (κ2) is 4.92. The van der Waals surface area contributed by atoms with E-state index in [1.54, 1.807) is 0 Å². The maximum Gasteiger partial charge on any atom is 0.294 e. The molecule has 0 bridgehead atoms. The summed E-state index contributed by atoms with van der Waals surface area (Å²) in [6.45, 7) is 1.51. The zero-order chi connectivity index (χ0) is 15.1. The summed E-state index contributed by atoms with van der Waals surface area (Å²) in [4.78, 5) is -0.499. The molecule has 2 rings (SSSR count). The van der Waals surface area contributed by atoms with Gasteiger partial charge in [-0.1, -0.05) is 6.07 Å². The lowest BCUT2D eigenvalue weighted by Crippen LogP contribution is -2.00. The Morgan fingerprint density at radius 1 is 1.00 bits per heavy atom. The lowest BCUT2D eigenvalue weighted by Gasteiger charge is -2.10. The fourth-order valence-corrected chi connectivity index (χ4v) is 2.34. The molecule has 7 heteroatoms. The van der Waals surface area contributed by atoms with Gasteiger partial charge < -0.3 is 0 Å². The Morgan fingerprint density at radius 2 is 1.55 bits per heavy atom. The highest BCUT2D eigenvalue weighted by Crippen LogP contribution is 2.31. The lowest BCUT2D eigenvalue weighted by atomic mass is 9.99. The summed E-state index contributed by atoms with van der Waals surface area (Å²) in [5.41, 5.74) is -0.244. The Morgan fingerprint density at radius 3 is 2.05 bits per heavy atom. The van der Waals surface area contributed by atoms with Crippen LogP contribution in [0.4, 0.5) is 13.2 Å². The predicted molar refractivity (Wildman–Crippen MR) is 66.3 cm³/mol. The van der Waals surface area contributed by atoms with Gasteiger partial charge in [0.2, 0.25) is 0 Å². The van der Waals surface area contributed by atoms with E-state index in [1.807, 2.05) is 0 Å². The van der Waals surface area contributed by atoms with Gasteiger partial charge in [0.25, 0.3) is 10.1 Å². The molecule has 0 saturated heterocycles. The van der Waals surface area contributed by atoms with Crippen LogP contribution in [0.3, 0.4) is 0 Å².